The van der Waals surface area contributed by atoms with E-state index in [4.69, 9.17) is 40.2 Å². The number of halogens is 2. The van der Waals surface area contributed by atoms with Crippen molar-refractivity contribution in [1.82, 2.24) is 4.31 Å². The number of hydrogen-bond donors (Lipinski definition) is 2. The van der Waals surface area contributed by atoms with Gasteiger partial charge >= 0.3 is 0 Å². The molecule has 1 aliphatic rings. The van der Waals surface area contributed by atoms with Crippen LogP contribution in [0.3, 0.4) is 0 Å². The molecule has 1 aliphatic heterocycles. The third-order valence-electron chi connectivity index (χ3n) is 4.21. The van der Waals surface area contributed by atoms with E-state index >= 15 is 0 Å². The minimum atomic E-state index is -3.72. The third kappa shape index (κ3) is 4.94. The number of ether oxygens (including phenoxy) is 1. The first-order valence-electron chi connectivity index (χ1n) is 8.49. The normalized spacial score (nSPS) is 15.2. The van der Waals surface area contributed by atoms with Crippen molar-refractivity contribution in [3.63, 3.8) is 0 Å². The van der Waals surface area contributed by atoms with Gasteiger partial charge in [-0.15, -0.1) is 0 Å². The van der Waals surface area contributed by atoms with Crippen LogP contribution >= 0.6 is 35.4 Å². The zero-order valence-corrected chi connectivity index (χ0v) is 18.2. The molecule has 2 aromatic rings. The molecule has 0 bridgehead atoms. The number of nitrogens with one attached hydrogen (secondary N) is 2. The lowest BCUT2D eigenvalue weighted by molar-refractivity contribution is 0.0730. The van der Waals surface area contributed by atoms with Crippen molar-refractivity contribution in [1.29, 1.82) is 0 Å². The molecule has 1 heterocycles. The molecular weight excluding hydrogens is 441 g/mol. The first kappa shape index (κ1) is 21.3. The first-order valence-corrected chi connectivity index (χ1v) is 11.1. The Balaban J connectivity index is 1.77. The van der Waals surface area contributed by atoms with Crippen LogP contribution in [0.15, 0.2) is 41.3 Å². The molecule has 2 aromatic carbocycles. The highest BCUT2D eigenvalue weighted by atomic mass is 35.5. The van der Waals surface area contributed by atoms with E-state index in [0.29, 0.717) is 42.1 Å². The van der Waals surface area contributed by atoms with Gasteiger partial charge in [-0.05, 0) is 55.0 Å². The third-order valence-corrected chi connectivity index (χ3v) is 7.20. The maximum Gasteiger partial charge on any atom is 0.244 e. The van der Waals surface area contributed by atoms with Crippen molar-refractivity contribution in [2.24, 2.45) is 0 Å². The summed E-state index contributed by atoms with van der Waals surface area (Å²) in [5, 5.41) is 7.08. The quantitative estimate of drug-likeness (QED) is 0.669. The van der Waals surface area contributed by atoms with Crippen LogP contribution in [-0.2, 0) is 14.8 Å². The number of thiocarbonyl (C=S) groups is 1. The molecule has 10 heteroatoms. The van der Waals surface area contributed by atoms with Gasteiger partial charge in [-0.25, -0.2) is 8.42 Å². The van der Waals surface area contributed by atoms with Crippen LogP contribution in [0.1, 0.15) is 5.56 Å². The molecule has 28 heavy (non-hydrogen) atoms. The zero-order valence-electron chi connectivity index (χ0n) is 15.0. The van der Waals surface area contributed by atoms with Crippen LogP contribution in [-0.4, -0.2) is 44.1 Å². The topological polar surface area (TPSA) is 70.7 Å². The average Bonchev–Trinajstić information content (AvgIpc) is 2.67. The molecule has 1 fully saturated rings. The fourth-order valence-electron chi connectivity index (χ4n) is 2.67. The molecule has 1 saturated heterocycles. The van der Waals surface area contributed by atoms with Gasteiger partial charge in [0.2, 0.25) is 10.0 Å². The van der Waals surface area contributed by atoms with Crippen LogP contribution in [0.5, 0.6) is 0 Å². The van der Waals surface area contributed by atoms with Crippen molar-refractivity contribution in [2.45, 2.75) is 11.8 Å². The highest BCUT2D eigenvalue weighted by molar-refractivity contribution is 7.89. The van der Waals surface area contributed by atoms with Crippen molar-refractivity contribution in [3.8, 4) is 0 Å². The number of hydrogen-bond acceptors (Lipinski definition) is 4. The Morgan fingerprint density at radius 2 is 1.64 bits per heavy atom. The minimum Gasteiger partial charge on any atom is -0.379 e. The van der Waals surface area contributed by atoms with Crippen molar-refractivity contribution < 1.29 is 13.2 Å². The van der Waals surface area contributed by atoms with Crippen LogP contribution in [0.2, 0.25) is 10.0 Å². The Morgan fingerprint density at radius 3 is 2.29 bits per heavy atom. The average molecular weight is 460 g/mol. The van der Waals surface area contributed by atoms with Gasteiger partial charge in [-0.1, -0.05) is 29.3 Å². The fourth-order valence-corrected chi connectivity index (χ4v) is 4.99. The van der Waals surface area contributed by atoms with Crippen molar-refractivity contribution >= 4 is 61.9 Å². The van der Waals surface area contributed by atoms with Crippen LogP contribution in [0.25, 0.3) is 0 Å². The second kappa shape index (κ2) is 8.94. The van der Waals surface area contributed by atoms with E-state index in [-0.39, 0.29) is 9.92 Å². The van der Waals surface area contributed by atoms with E-state index in [9.17, 15) is 8.42 Å². The van der Waals surface area contributed by atoms with Gasteiger partial charge in [-0.3, -0.25) is 0 Å². The minimum absolute atomic E-state index is 0.0299. The summed E-state index contributed by atoms with van der Waals surface area (Å²) in [6.45, 7) is 3.23. The monoisotopic (exact) mass is 459 g/mol. The second-order valence-corrected chi connectivity index (χ2v) is 9.33. The largest absolute Gasteiger partial charge is 0.379 e. The number of aryl methyl sites for hydroxylation is 1. The molecule has 3 rings (SSSR count). The van der Waals surface area contributed by atoms with E-state index in [1.807, 2.05) is 19.1 Å². The molecule has 0 spiro atoms. The van der Waals surface area contributed by atoms with Crippen LogP contribution in [0, 0.1) is 6.92 Å². The van der Waals surface area contributed by atoms with Crippen molar-refractivity contribution in [2.75, 3.05) is 36.9 Å². The molecule has 0 saturated carbocycles. The molecule has 150 valence electrons. The van der Waals surface area contributed by atoms with Crippen molar-refractivity contribution in [3.05, 3.63) is 52.0 Å². The number of rotatable bonds is 4. The number of benzene rings is 2. The highest BCUT2D eigenvalue weighted by Crippen LogP contribution is 2.28. The van der Waals surface area contributed by atoms with Crippen LogP contribution in [0.4, 0.5) is 11.4 Å². The Hall–Kier alpha value is -1.42. The SMILES string of the molecule is Cc1ccc(NC(=S)Nc2ccc(Cl)c(S(=O)(=O)N3CCOCC3)c2)cc1Cl. The molecular formula is C18H19Cl2N3O3S2. The maximum absolute atomic E-state index is 12.9. The van der Waals surface area contributed by atoms with Gasteiger partial charge in [0, 0.05) is 29.5 Å². The second-order valence-electron chi connectivity index (χ2n) is 6.20. The zero-order chi connectivity index (χ0) is 20.3. The number of anilines is 2. The molecule has 0 atom stereocenters. The van der Waals surface area contributed by atoms with E-state index in [0.717, 1.165) is 11.3 Å². The lowest BCUT2D eigenvalue weighted by Gasteiger charge is -2.26. The van der Waals surface area contributed by atoms with Crippen LogP contribution < -0.4 is 10.6 Å². The van der Waals surface area contributed by atoms with Gasteiger partial charge in [-0.2, -0.15) is 4.31 Å². The summed E-state index contributed by atoms with van der Waals surface area (Å²) < 4.78 is 32.4. The maximum atomic E-state index is 12.9. The van der Waals surface area contributed by atoms with E-state index in [2.05, 4.69) is 10.6 Å². The molecule has 0 amide bonds. The summed E-state index contributed by atoms with van der Waals surface area (Å²) in [4.78, 5) is 0.0299. The predicted molar refractivity (Wildman–Crippen MR) is 117 cm³/mol. The number of nitrogens with zero attached hydrogens (tertiary/aromatic N) is 1. The summed E-state index contributed by atoms with van der Waals surface area (Å²) >= 11 is 17.6. The summed E-state index contributed by atoms with van der Waals surface area (Å²) in [5.41, 5.74) is 2.19. The Kier molecular flexibility index (Phi) is 6.80. The van der Waals surface area contributed by atoms with Gasteiger partial charge in [0.05, 0.1) is 18.2 Å². The van der Waals surface area contributed by atoms with Gasteiger partial charge in [0.1, 0.15) is 4.90 Å². The molecule has 2 N–H and O–H groups in total. The summed E-state index contributed by atoms with van der Waals surface area (Å²) in [5.74, 6) is 0. The van der Waals surface area contributed by atoms with E-state index in [1.54, 1.807) is 12.1 Å². The summed E-state index contributed by atoms with van der Waals surface area (Å²) in [6.07, 6.45) is 0. The Bertz CT molecular complexity index is 994. The summed E-state index contributed by atoms with van der Waals surface area (Å²) in [7, 11) is -3.72. The summed E-state index contributed by atoms with van der Waals surface area (Å²) in [6, 6.07) is 10.2. The van der Waals surface area contributed by atoms with E-state index in [1.165, 1.54) is 16.4 Å². The fraction of sp³-hybridized carbons (Fsp3) is 0.278. The smallest absolute Gasteiger partial charge is 0.244 e. The van der Waals surface area contributed by atoms with Gasteiger partial charge in [0.25, 0.3) is 0 Å². The first-order chi connectivity index (χ1) is 13.3. The lowest BCUT2D eigenvalue weighted by atomic mass is 10.2. The Labute approximate surface area is 179 Å². The molecule has 0 aliphatic carbocycles. The molecule has 6 nitrogen and oxygen atoms in total. The number of morpholine rings is 1. The predicted octanol–water partition coefficient (Wildman–Crippen LogP) is 4.13. The van der Waals surface area contributed by atoms with Gasteiger partial charge in [0.15, 0.2) is 5.11 Å². The molecule has 0 aromatic heterocycles. The number of sulfonamides is 1. The van der Waals surface area contributed by atoms with E-state index < -0.39 is 10.0 Å². The molecule has 0 unspecified atom stereocenters. The molecule has 0 radical (unpaired) electrons. The highest BCUT2D eigenvalue weighted by Gasteiger charge is 2.28. The van der Waals surface area contributed by atoms with Gasteiger partial charge < -0.3 is 15.4 Å². The standard InChI is InChI=1S/C18H19Cl2N3O3S2/c1-12-2-3-13(10-16(12)20)21-18(27)22-14-4-5-15(19)17(11-14)28(24,25)23-6-8-26-9-7-23/h2-5,10-11H,6-9H2,1H3,(H2,21,22,27). The lowest BCUT2D eigenvalue weighted by Crippen LogP contribution is -2.40. The Morgan fingerprint density at radius 1 is 1.04 bits per heavy atom.